The largest absolute Gasteiger partial charge is 0.465 e. The van der Waals surface area contributed by atoms with E-state index in [9.17, 15) is 4.79 Å². The molecule has 138 valence electrons. The first-order valence-corrected chi connectivity index (χ1v) is 9.14. The number of nitrogens with one attached hydrogen (secondary N) is 2. The highest BCUT2D eigenvalue weighted by atomic mass is 35.5. The zero-order chi connectivity index (χ0) is 18.4. The fourth-order valence-corrected chi connectivity index (χ4v) is 3.21. The number of methoxy groups -OCH3 is 1. The van der Waals surface area contributed by atoms with E-state index in [4.69, 9.17) is 16.3 Å². The molecule has 0 spiro atoms. The van der Waals surface area contributed by atoms with Crippen molar-refractivity contribution >= 4 is 35.0 Å². The van der Waals surface area contributed by atoms with Crippen LogP contribution in [0.25, 0.3) is 0 Å². The second-order valence-corrected chi connectivity index (χ2v) is 6.72. The quantitative estimate of drug-likeness (QED) is 0.598. The lowest BCUT2D eigenvalue weighted by Crippen LogP contribution is -2.19. The summed E-state index contributed by atoms with van der Waals surface area (Å²) in [5, 5.41) is 14.9. The Bertz CT molecular complexity index is 763. The van der Waals surface area contributed by atoms with Gasteiger partial charge in [-0.05, 0) is 31.0 Å². The third kappa shape index (κ3) is 4.82. The van der Waals surface area contributed by atoms with Crippen molar-refractivity contribution in [1.29, 1.82) is 0 Å². The number of aromatic nitrogens is 3. The van der Waals surface area contributed by atoms with Crippen LogP contribution >= 0.6 is 11.6 Å². The van der Waals surface area contributed by atoms with E-state index in [0.29, 0.717) is 34.1 Å². The molecule has 0 bridgehead atoms. The van der Waals surface area contributed by atoms with Gasteiger partial charge < -0.3 is 15.4 Å². The number of hydrogen-bond acceptors (Lipinski definition) is 7. The molecule has 7 nitrogen and oxygen atoms in total. The predicted octanol–water partition coefficient (Wildman–Crippen LogP) is 4.19. The second-order valence-electron chi connectivity index (χ2n) is 6.31. The van der Waals surface area contributed by atoms with Crippen LogP contribution in [0.15, 0.2) is 24.4 Å². The molecule has 26 heavy (non-hydrogen) atoms. The number of anilines is 3. The normalized spacial score (nSPS) is 15.2. The molecule has 3 rings (SSSR count). The standard InChI is InChI=1S/C18H22ClN5O2/c1-26-17(25)12-8-9-14(19)15(10-12)22-18-23-16(11-20-24-18)21-13-6-4-2-3-5-7-13/h8-11,13H,2-7H2,1H3,(H2,21,22,23,24). The molecule has 1 fully saturated rings. The van der Waals surface area contributed by atoms with E-state index in [1.165, 1.54) is 32.8 Å². The summed E-state index contributed by atoms with van der Waals surface area (Å²) in [6.07, 6.45) is 8.95. The highest BCUT2D eigenvalue weighted by Crippen LogP contribution is 2.26. The number of benzene rings is 1. The molecule has 1 aliphatic carbocycles. The lowest BCUT2D eigenvalue weighted by atomic mass is 10.1. The highest BCUT2D eigenvalue weighted by Gasteiger charge is 2.14. The van der Waals surface area contributed by atoms with Crippen LogP contribution < -0.4 is 10.6 Å². The van der Waals surface area contributed by atoms with Crippen molar-refractivity contribution in [2.45, 2.75) is 44.6 Å². The third-order valence-electron chi connectivity index (χ3n) is 4.40. The molecule has 0 amide bonds. The van der Waals surface area contributed by atoms with Crippen molar-refractivity contribution in [1.82, 2.24) is 15.2 Å². The van der Waals surface area contributed by atoms with Gasteiger partial charge in [0.05, 0.1) is 29.6 Å². The molecular formula is C18H22ClN5O2. The topological polar surface area (TPSA) is 89.0 Å². The Labute approximate surface area is 157 Å². The van der Waals surface area contributed by atoms with Gasteiger partial charge in [0.1, 0.15) is 0 Å². The third-order valence-corrected chi connectivity index (χ3v) is 4.73. The molecule has 1 aliphatic rings. The van der Waals surface area contributed by atoms with Gasteiger partial charge in [0.25, 0.3) is 0 Å². The zero-order valence-electron chi connectivity index (χ0n) is 14.7. The van der Waals surface area contributed by atoms with Gasteiger partial charge in [0.15, 0.2) is 5.82 Å². The Morgan fingerprint density at radius 1 is 1.23 bits per heavy atom. The summed E-state index contributed by atoms with van der Waals surface area (Å²) in [6, 6.07) is 5.23. The van der Waals surface area contributed by atoms with E-state index in [0.717, 1.165) is 12.8 Å². The van der Waals surface area contributed by atoms with Crippen LogP contribution in [0.3, 0.4) is 0 Å². The molecule has 1 aromatic heterocycles. The van der Waals surface area contributed by atoms with Gasteiger partial charge in [0.2, 0.25) is 5.95 Å². The fourth-order valence-electron chi connectivity index (χ4n) is 3.05. The first-order valence-electron chi connectivity index (χ1n) is 8.77. The van der Waals surface area contributed by atoms with Crippen LogP contribution in [0.2, 0.25) is 5.02 Å². The van der Waals surface area contributed by atoms with Crippen molar-refractivity contribution in [2.75, 3.05) is 17.7 Å². The van der Waals surface area contributed by atoms with Gasteiger partial charge in [-0.25, -0.2) is 4.79 Å². The van der Waals surface area contributed by atoms with Crippen LogP contribution in [0.5, 0.6) is 0 Å². The molecule has 1 heterocycles. The Morgan fingerprint density at radius 2 is 2.00 bits per heavy atom. The van der Waals surface area contributed by atoms with E-state index in [1.54, 1.807) is 24.4 Å². The van der Waals surface area contributed by atoms with Crippen LogP contribution in [0.1, 0.15) is 48.9 Å². The van der Waals surface area contributed by atoms with Gasteiger partial charge in [-0.1, -0.05) is 37.3 Å². The molecular weight excluding hydrogens is 354 g/mol. The summed E-state index contributed by atoms with van der Waals surface area (Å²) in [4.78, 5) is 16.1. The number of ether oxygens (including phenoxy) is 1. The number of rotatable bonds is 5. The Hall–Kier alpha value is -2.41. The lowest BCUT2D eigenvalue weighted by Gasteiger charge is -2.16. The van der Waals surface area contributed by atoms with E-state index in [-0.39, 0.29) is 0 Å². The van der Waals surface area contributed by atoms with Crippen molar-refractivity contribution in [3.8, 4) is 0 Å². The Morgan fingerprint density at radius 3 is 2.73 bits per heavy atom. The van der Waals surface area contributed by atoms with Crippen molar-refractivity contribution in [2.24, 2.45) is 0 Å². The monoisotopic (exact) mass is 375 g/mol. The number of hydrogen-bond donors (Lipinski definition) is 2. The summed E-state index contributed by atoms with van der Waals surface area (Å²) in [6.45, 7) is 0. The fraction of sp³-hybridized carbons (Fsp3) is 0.444. The molecule has 0 aliphatic heterocycles. The second kappa shape index (κ2) is 8.80. The van der Waals surface area contributed by atoms with Crippen molar-refractivity contribution in [3.05, 3.63) is 35.0 Å². The molecule has 0 radical (unpaired) electrons. The molecule has 2 aromatic rings. The summed E-state index contributed by atoms with van der Waals surface area (Å²) in [7, 11) is 1.33. The zero-order valence-corrected chi connectivity index (χ0v) is 15.4. The predicted molar refractivity (Wildman–Crippen MR) is 101 cm³/mol. The van der Waals surface area contributed by atoms with Crippen molar-refractivity contribution in [3.63, 3.8) is 0 Å². The molecule has 1 saturated carbocycles. The molecule has 0 atom stereocenters. The SMILES string of the molecule is COC(=O)c1ccc(Cl)c(Nc2nncc(NC3CCCCCC3)n2)c1. The summed E-state index contributed by atoms with van der Waals surface area (Å²) in [5.41, 5.74) is 0.906. The molecule has 2 N–H and O–H groups in total. The van der Waals surface area contributed by atoms with Crippen molar-refractivity contribution < 1.29 is 9.53 Å². The Kier molecular flexibility index (Phi) is 6.22. The van der Waals surface area contributed by atoms with E-state index in [2.05, 4.69) is 25.8 Å². The maximum atomic E-state index is 11.7. The maximum absolute atomic E-state index is 11.7. The lowest BCUT2D eigenvalue weighted by molar-refractivity contribution is 0.0601. The number of carbonyl (C=O) groups is 1. The number of halogens is 1. The average molecular weight is 376 g/mol. The summed E-state index contributed by atoms with van der Waals surface area (Å²) >= 11 is 6.20. The van der Waals surface area contributed by atoms with E-state index < -0.39 is 5.97 Å². The minimum atomic E-state index is -0.437. The van der Waals surface area contributed by atoms with Gasteiger partial charge in [-0.3, -0.25) is 0 Å². The minimum absolute atomic E-state index is 0.313. The number of carbonyl (C=O) groups excluding carboxylic acids is 1. The molecule has 8 heteroatoms. The van der Waals surface area contributed by atoms with E-state index >= 15 is 0 Å². The van der Waals surface area contributed by atoms with Crippen LogP contribution in [-0.2, 0) is 4.74 Å². The smallest absolute Gasteiger partial charge is 0.337 e. The van der Waals surface area contributed by atoms with Gasteiger partial charge in [0, 0.05) is 6.04 Å². The Balaban J connectivity index is 1.73. The molecule has 0 unspecified atom stereocenters. The van der Waals surface area contributed by atoms with Gasteiger partial charge in [-0.2, -0.15) is 10.1 Å². The van der Waals surface area contributed by atoms with Gasteiger partial charge in [-0.15, -0.1) is 5.10 Å². The summed E-state index contributed by atoms with van der Waals surface area (Å²) < 4.78 is 4.73. The number of nitrogens with zero attached hydrogens (tertiary/aromatic N) is 3. The van der Waals surface area contributed by atoms with Crippen LogP contribution in [0, 0.1) is 0 Å². The van der Waals surface area contributed by atoms with Gasteiger partial charge >= 0.3 is 5.97 Å². The highest BCUT2D eigenvalue weighted by molar-refractivity contribution is 6.33. The molecule has 0 saturated heterocycles. The van der Waals surface area contributed by atoms with E-state index in [1.807, 2.05) is 0 Å². The minimum Gasteiger partial charge on any atom is -0.465 e. The summed E-state index contributed by atoms with van der Waals surface area (Å²) in [5.74, 6) is 0.551. The first kappa shape index (κ1) is 18.4. The average Bonchev–Trinajstić information content (AvgIpc) is 2.92. The van der Waals surface area contributed by atoms with Crippen LogP contribution in [-0.4, -0.2) is 34.3 Å². The number of esters is 1. The molecule has 1 aromatic carbocycles. The van der Waals surface area contributed by atoms with Crippen LogP contribution in [0.4, 0.5) is 17.5 Å². The maximum Gasteiger partial charge on any atom is 0.337 e. The first-order chi connectivity index (χ1) is 12.7.